The maximum Gasteiger partial charge on any atom is 0.489 e. The van der Waals surface area contributed by atoms with Crippen molar-refractivity contribution in [3.8, 4) is 45.3 Å². The second-order valence-electron chi connectivity index (χ2n) is 7.58. The summed E-state index contributed by atoms with van der Waals surface area (Å²) in [6.45, 7) is 0. The Morgan fingerprint density at radius 2 is 0.818 bits per heavy atom. The molecule has 158 valence electrons. The number of benzene rings is 4. The monoisotopic (exact) mass is 429 g/mol. The van der Waals surface area contributed by atoms with Crippen molar-refractivity contribution in [1.82, 2.24) is 15.0 Å². The van der Waals surface area contributed by atoms with Crippen LogP contribution in [-0.2, 0) is 0 Å². The Kier molecular flexibility index (Phi) is 5.76. The molecule has 5 nitrogen and oxygen atoms in total. The second kappa shape index (κ2) is 9.16. The van der Waals surface area contributed by atoms with Gasteiger partial charge >= 0.3 is 7.12 Å². The van der Waals surface area contributed by atoms with Crippen LogP contribution in [0.5, 0.6) is 0 Å². The van der Waals surface area contributed by atoms with Crippen LogP contribution in [0.15, 0.2) is 109 Å². The summed E-state index contributed by atoms with van der Waals surface area (Å²) >= 11 is 0. The summed E-state index contributed by atoms with van der Waals surface area (Å²) in [6, 6.07) is 34.7. The number of hydrogen-bond donors (Lipinski definition) is 2. The Labute approximate surface area is 192 Å². The fourth-order valence-corrected chi connectivity index (χ4v) is 3.72. The minimum Gasteiger partial charge on any atom is -0.423 e. The summed E-state index contributed by atoms with van der Waals surface area (Å²) in [4.78, 5) is 14.2. The van der Waals surface area contributed by atoms with Gasteiger partial charge in [0, 0.05) is 16.7 Å². The Morgan fingerprint density at radius 1 is 0.424 bits per heavy atom. The largest absolute Gasteiger partial charge is 0.489 e. The molecule has 5 aromatic rings. The first-order valence-corrected chi connectivity index (χ1v) is 10.6. The Bertz CT molecular complexity index is 1320. The molecule has 2 N–H and O–H groups in total. The summed E-state index contributed by atoms with van der Waals surface area (Å²) in [5, 5.41) is 19.4. The molecule has 0 radical (unpaired) electrons. The SMILES string of the molecule is OB(O)c1ccccc1-c1ccc(-c2nc(-c3ccccc3)nc(-c3ccccc3)n2)cc1. The second-order valence-corrected chi connectivity index (χ2v) is 7.58. The van der Waals surface area contributed by atoms with Crippen molar-refractivity contribution in [2.45, 2.75) is 0 Å². The van der Waals surface area contributed by atoms with E-state index in [4.69, 9.17) is 15.0 Å². The Hall–Kier alpha value is -4.13. The van der Waals surface area contributed by atoms with Crippen LogP contribution >= 0.6 is 0 Å². The van der Waals surface area contributed by atoms with E-state index in [0.29, 0.717) is 22.9 Å². The third-order valence-corrected chi connectivity index (χ3v) is 5.39. The van der Waals surface area contributed by atoms with Gasteiger partial charge in [-0.05, 0) is 16.6 Å². The highest BCUT2D eigenvalue weighted by atomic mass is 16.4. The van der Waals surface area contributed by atoms with E-state index in [1.807, 2.05) is 97.1 Å². The van der Waals surface area contributed by atoms with Gasteiger partial charge in [0.15, 0.2) is 17.5 Å². The predicted octanol–water partition coefficient (Wildman–Crippen LogP) is 4.22. The summed E-state index contributed by atoms with van der Waals surface area (Å²) in [5.41, 5.74) is 4.79. The van der Waals surface area contributed by atoms with E-state index in [1.54, 1.807) is 12.1 Å². The molecule has 0 aliphatic heterocycles. The highest BCUT2D eigenvalue weighted by molar-refractivity contribution is 6.60. The Morgan fingerprint density at radius 3 is 1.30 bits per heavy atom. The first-order valence-electron chi connectivity index (χ1n) is 10.6. The van der Waals surface area contributed by atoms with Gasteiger partial charge in [0.2, 0.25) is 0 Å². The molecule has 0 saturated heterocycles. The fourth-order valence-electron chi connectivity index (χ4n) is 3.72. The predicted molar refractivity (Wildman–Crippen MR) is 131 cm³/mol. The van der Waals surface area contributed by atoms with Crippen molar-refractivity contribution in [2.75, 3.05) is 0 Å². The number of nitrogens with zero attached hydrogens (tertiary/aromatic N) is 3. The average molecular weight is 429 g/mol. The van der Waals surface area contributed by atoms with E-state index >= 15 is 0 Å². The van der Waals surface area contributed by atoms with Crippen molar-refractivity contribution in [3.63, 3.8) is 0 Å². The fraction of sp³-hybridized carbons (Fsp3) is 0. The lowest BCUT2D eigenvalue weighted by Crippen LogP contribution is -2.31. The molecule has 5 rings (SSSR count). The van der Waals surface area contributed by atoms with Crippen molar-refractivity contribution >= 4 is 12.6 Å². The van der Waals surface area contributed by atoms with Gasteiger partial charge in [-0.15, -0.1) is 0 Å². The van der Waals surface area contributed by atoms with Gasteiger partial charge < -0.3 is 10.0 Å². The summed E-state index contributed by atoms with van der Waals surface area (Å²) in [7, 11) is -1.54. The van der Waals surface area contributed by atoms with E-state index < -0.39 is 7.12 Å². The summed E-state index contributed by atoms with van der Waals surface area (Å²) in [5.74, 6) is 1.79. The maximum atomic E-state index is 9.70. The van der Waals surface area contributed by atoms with Crippen molar-refractivity contribution in [1.29, 1.82) is 0 Å². The van der Waals surface area contributed by atoms with Crippen LogP contribution in [0.2, 0.25) is 0 Å². The lowest BCUT2D eigenvalue weighted by molar-refractivity contribution is 0.426. The van der Waals surface area contributed by atoms with E-state index in [1.165, 1.54) is 0 Å². The molecule has 4 aromatic carbocycles. The van der Waals surface area contributed by atoms with Crippen LogP contribution in [0.4, 0.5) is 0 Å². The van der Waals surface area contributed by atoms with E-state index in [-0.39, 0.29) is 0 Å². The molecule has 1 aromatic heterocycles. The lowest BCUT2D eigenvalue weighted by Gasteiger charge is -2.11. The molecule has 0 amide bonds. The minimum absolute atomic E-state index is 0.461. The lowest BCUT2D eigenvalue weighted by atomic mass is 9.75. The molecule has 0 atom stereocenters. The van der Waals surface area contributed by atoms with Gasteiger partial charge in [0.05, 0.1) is 0 Å². The first-order chi connectivity index (χ1) is 16.2. The quantitative estimate of drug-likeness (QED) is 0.409. The first kappa shape index (κ1) is 20.8. The molecule has 0 fully saturated rings. The van der Waals surface area contributed by atoms with Gasteiger partial charge in [-0.2, -0.15) is 0 Å². The molecule has 0 unspecified atom stereocenters. The maximum absolute atomic E-state index is 9.70. The molecule has 0 saturated carbocycles. The van der Waals surface area contributed by atoms with Crippen molar-refractivity contribution in [2.24, 2.45) is 0 Å². The summed E-state index contributed by atoms with van der Waals surface area (Å²) < 4.78 is 0. The van der Waals surface area contributed by atoms with Crippen LogP contribution in [0.1, 0.15) is 0 Å². The van der Waals surface area contributed by atoms with Gasteiger partial charge in [0.25, 0.3) is 0 Å². The van der Waals surface area contributed by atoms with E-state index in [9.17, 15) is 10.0 Å². The third-order valence-electron chi connectivity index (χ3n) is 5.39. The minimum atomic E-state index is -1.54. The van der Waals surface area contributed by atoms with Crippen LogP contribution in [-0.4, -0.2) is 32.1 Å². The zero-order chi connectivity index (χ0) is 22.6. The normalized spacial score (nSPS) is 10.7. The average Bonchev–Trinajstić information content (AvgIpc) is 2.89. The van der Waals surface area contributed by atoms with Crippen molar-refractivity contribution < 1.29 is 10.0 Å². The number of hydrogen-bond acceptors (Lipinski definition) is 5. The summed E-state index contributed by atoms with van der Waals surface area (Å²) in [6.07, 6.45) is 0. The molecular formula is C27H20BN3O2. The molecule has 0 aliphatic rings. The van der Waals surface area contributed by atoms with E-state index in [0.717, 1.165) is 27.8 Å². The van der Waals surface area contributed by atoms with Crippen LogP contribution in [0.3, 0.4) is 0 Å². The molecule has 6 heteroatoms. The van der Waals surface area contributed by atoms with Gasteiger partial charge in [-0.25, -0.2) is 15.0 Å². The van der Waals surface area contributed by atoms with E-state index in [2.05, 4.69) is 0 Å². The third kappa shape index (κ3) is 4.43. The molecular weight excluding hydrogens is 409 g/mol. The topological polar surface area (TPSA) is 79.1 Å². The molecule has 0 aliphatic carbocycles. The van der Waals surface area contributed by atoms with Gasteiger partial charge in [0.1, 0.15) is 0 Å². The van der Waals surface area contributed by atoms with Gasteiger partial charge in [-0.1, -0.05) is 109 Å². The molecule has 0 bridgehead atoms. The van der Waals surface area contributed by atoms with Crippen LogP contribution in [0, 0.1) is 0 Å². The molecule has 1 heterocycles. The standard InChI is InChI=1S/C27H20BN3O2/c32-28(33)24-14-8-7-13-23(24)19-15-17-22(18-16-19)27-30-25(20-9-3-1-4-10-20)29-26(31-27)21-11-5-2-6-12-21/h1-18,32-33H. The zero-order valence-corrected chi connectivity index (χ0v) is 17.7. The highest BCUT2D eigenvalue weighted by Gasteiger charge is 2.17. The molecule has 0 spiro atoms. The number of aromatic nitrogens is 3. The van der Waals surface area contributed by atoms with Crippen molar-refractivity contribution in [3.05, 3.63) is 109 Å². The smallest absolute Gasteiger partial charge is 0.423 e. The molecule has 33 heavy (non-hydrogen) atoms. The van der Waals surface area contributed by atoms with Gasteiger partial charge in [-0.3, -0.25) is 0 Å². The van der Waals surface area contributed by atoms with Crippen LogP contribution < -0.4 is 5.46 Å². The Balaban J connectivity index is 1.59. The zero-order valence-electron chi connectivity index (χ0n) is 17.7. The number of rotatable bonds is 5. The van der Waals surface area contributed by atoms with Crippen LogP contribution in [0.25, 0.3) is 45.3 Å². The highest BCUT2D eigenvalue weighted by Crippen LogP contribution is 2.26.